The highest BCUT2D eigenvalue weighted by Crippen LogP contribution is 2.40. The van der Waals surface area contributed by atoms with Gasteiger partial charge in [0.2, 0.25) is 0 Å². The Kier molecular flexibility index (Phi) is 3.14. The van der Waals surface area contributed by atoms with E-state index in [1.807, 2.05) is 18.2 Å². The second-order valence-corrected chi connectivity index (χ2v) is 5.63. The molecule has 1 aliphatic heterocycles. The molecule has 1 aromatic rings. The van der Waals surface area contributed by atoms with Crippen molar-refractivity contribution in [3.63, 3.8) is 0 Å². The molecule has 1 unspecified atom stereocenters. The number of rotatable bonds is 3. The van der Waals surface area contributed by atoms with Crippen molar-refractivity contribution in [1.82, 2.24) is 3.71 Å². The molecule has 0 spiro atoms. The number of hydrogen-bond donors (Lipinski definition) is 0. The van der Waals surface area contributed by atoms with E-state index < -0.39 is 11.0 Å². The van der Waals surface area contributed by atoms with Gasteiger partial charge in [-0.3, -0.25) is 0 Å². The van der Waals surface area contributed by atoms with Crippen molar-refractivity contribution in [1.29, 1.82) is 0 Å². The number of methoxy groups -OCH3 is 1. The minimum atomic E-state index is -1.08. The van der Waals surface area contributed by atoms with Gasteiger partial charge in [0.05, 0.1) is 12.0 Å². The molecule has 1 aromatic carbocycles. The third-order valence-corrected chi connectivity index (χ3v) is 4.90. The average Bonchev–Trinajstić information content (AvgIpc) is 2.56. The van der Waals surface area contributed by atoms with Crippen LogP contribution in [0.4, 0.5) is 0 Å². The van der Waals surface area contributed by atoms with Gasteiger partial charge in [-0.2, -0.15) is 3.71 Å². The normalized spacial score (nSPS) is 19.9. The molecule has 1 heterocycles. The predicted octanol–water partition coefficient (Wildman–Crippen LogP) is 2.23. The van der Waals surface area contributed by atoms with Gasteiger partial charge < -0.3 is 4.74 Å². The maximum absolute atomic E-state index is 11.9. The molecule has 0 bridgehead atoms. The summed E-state index contributed by atoms with van der Waals surface area (Å²) in [6.45, 7) is 4.25. The Labute approximate surface area is 95.8 Å². The summed E-state index contributed by atoms with van der Waals surface area (Å²) in [4.78, 5) is 1.84. The molecule has 1 aliphatic rings. The maximum Gasteiger partial charge on any atom is 0.139 e. The molecule has 1 atom stereocenters. The van der Waals surface area contributed by atoms with Gasteiger partial charge in [0.1, 0.15) is 16.7 Å². The van der Waals surface area contributed by atoms with Crippen molar-refractivity contribution in [3.05, 3.63) is 30.9 Å². The van der Waals surface area contributed by atoms with Crippen LogP contribution in [0, 0.1) is 0 Å². The van der Waals surface area contributed by atoms with Gasteiger partial charge in [-0.1, -0.05) is 6.08 Å². The van der Waals surface area contributed by atoms with Crippen LogP contribution in [0.2, 0.25) is 0 Å². The monoisotopic (exact) mass is 241 g/mol. The molecule has 80 valence electrons. The van der Waals surface area contributed by atoms with Gasteiger partial charge in [-0.25, -0.2) is 4.21 Å². The minimum Gasteiger partial charge on any atom is -0.497 e. The molecule has 3 nitrogen and oxygen atoms in total. The van der Waals surface area contributed by atoms with Gasteiger partial charge >= 0.3 is 0 Å². The van der Waals surface area contributed by atoms with Crippen LogP contribution in [0.25, 0.3) is 0 Å². The Morgan fingerprint density at radius 1 is 1.67 bits per heavy atom. The van der Waals surface area contributed by atoms with Crippen LogP contribution in [0.15, 0.2) is 40.6 Å². The average molecular weight is 241 g/mol. The van der Waals surface area contributed by atoms with Crippen LogP contribution in [-0.2, 0) is 11.0 Å². The third kappa shape index (κ3) is 1.95. The fourth-order valence-corrected chi connectivity index (χ4v) is 3.97. The van der Waals surface area contributed by atoms with E-state index in [0.717, 1.165) is 15.5 Å². The third-order valence-electron chi connectivity index (χ3n) is 2.00. The lowest BCUT2D eigenvalue weighted by atomic mass is 10.3. The number of benzene rings is 1. The Balaban J connectivity index is 2.32. The SMILES string of the molecule is C=CCN1Sc2cc(OC)ccc2S1=O. The maximum atomic E-state index is 11.9. The lowest BCUT2D eigenvalue weighted by Crippen LogP contribution is -2.12. The Morgan fingerprint density at radius 3 is 3.13 bits per heavy atom. The van der Waals surface area contributed by atoms with E-state index in [1.54, 1.807) is 16.9 Å². The largest absolute Gasteiger partial charge is 0.497 e. The summed E-state index contributed by atoms with van der Waals surface area (Å²) in [7, 11) is 0.549. The standard InChI is InChI=1S/C10H11NO2S2/c1-3-6-11-14-9-7-8(13-2)4-5-10(9)15(11)12/h3-5,7H,1,6H2,2H3. The Hall–Kier alpha value is -0.780. The van der Waals surface area contributed by atoms with Crippen molar-refractivity contribution >= 4 is 22.9 Å². The van der Waals surface area contributed by atoms with E-state index in [0.29, 0.717) is 6.54 Å². The Bertz CT molecular complexity index is 420. The van der Waals surface area contributed by atoms with Crippen LogP contribution < -0.4 is 4.74 Å². The molecule has 0 radical (unpaired) electrons. The first-order chi connectivity index (χ1) is 7.26. The fraction of sp³-hybridized carbons (Fsp3) is 0.200. The summed E-state index contributed by atoms with van der Waals surface area (Å²) < 4.78 is 18.8. The smallest absolute Gasteiger partial charge is 0.139 e. The fourth-order valence-electron chi connectivity index (χ4n) is 1.29. The number of ether oxygens (including phenoxy) is 1. The lowest BCUT2D eigenvalue weighted by molar-refractivity contribution is 0.413. The van der Waals surface area contributed by atoms with Gasteiger partial charge in [0.25, 0.3) is 0 Å². The first-order valence-electron chi connectivity index (χ1n) is 4.42. The highest BCUT2D eigenvalue weighted by atomic mass is 32.2. The van der Waals surface area contributed by atoms with Gasteiger partial charge in [0.15, 0.2) is 0 Å². The van der Waals surface area contributed by atoms with Crippen LogP contribution in [0.3, 0.4) is 0 Å². The van der Waals surface area contributed by atoms with Crippen LogP contribution in [-0.4, -0.2) is 21.6 Å². The van der Waals surface area contributed by atoms with Gasteiger partial charge in [-0.05, 0) is 30.1 Å². The second kappa shape index (κ2) is 4.38. The summed E-state index contributed by atoms with van der Waals surface area (Å²) in [5.41, 5.74) is 0. The van der Waals surface area contributed by atoms with E-state index in [2.05, 4.69) is 6.58 Å². The molecule has 0 amide bonds. The topological polar surface area (TPSA) is 29.5 Å². The minimum absolute atomic E-state index is 0.605. The van der Waals surface area contributed by atoms with E-state index >= 15 is 0 Å². The van der Waals surface area contributed by atoms with Crippen LogP contribution in [0.5, 0.6) is 5.75 Å². The molecule has 5 heteroatoms. The van der Waals surface area contributed by atoms with Gasteiger partial charge in [-0.15, -0.1) is 6.58 Å². The molecule has 2 rings (SSSR count). The van der Waals surface area contributed by atoms with Gasteiger partial charge in [0, 0.05) is 11.4 Å². The highest BCUT2D eigenvalue weighted by Gasteiger charge is 2.27. The molecule has 0 aromatic heterocycles. The van der Waals surface area contributed by atoms with Crippen molar-refractivity contribution in [2.75, 3.05) is 13.7 Å². The van der Waals surface area contributed by atoms with Crippen molar-refractivity contribution in [3.8, 4) is 5.75 Å². The molecule has 15 heavy (non-hydrogen) atoms. The summed E-state index contributed by atoms with van der Waals surface area (Å²) in [5, 5.41) is 0. The quantitative estimate of drug-likeness (QED) is 0.600. The molecule has 0 N–H and O–H groups in total. The molecular weight excluding hydrogens is 230 g/mol. The molecule has 0 fully saturated rings. The van der Waals surface area contributed by atoms with E-state index in [9.17, 15) is 4.21 Å². The van der Waals surface area contributed by atoms with E-state index in [4.69, 9.17) is 4.74 Å². The van der Waals surface area contributed by atoms with E-state index in [1.165, 1.54) is 11.9 Å². The molecular formula is C10H11NO2S2. The zero-order valence-electron chi connectivity index (χ0n) is 8.30. The van der Waals surface area contributed by atoms with E-state index in [-0.39, 0.29) is 0 Å². The highest BCUT2D eigenvalue weighted by molar-refractivity contribution is 8.08. The predicted molar refractivity (Wildman–Crippen MR) is 62.2 cm³/mol. The first-order valence-corrected chi connectivity index (χ1v) is 6.30. The first kappa shape index (κ1) is 10.7. The summed E-state index contributed by atoms with van der Waals surface area (Å²) in [6, 6.07) is 5.58. The summed E-state index contributed by atoms with van der Waals surface area (Å²) in [5.74, 6) is 0.790. The number of fused-ring (bicyclic) bond motifs is 1. The van der Waals surface area contributed by atoms with Crippen molar-refractivity contribution < 1.29 is 8.95 Å². The summed E-state index contributed by atoms with van der Waals surface area (Å²) in [6.07, 6.45) is 1.74. The number of nitrogens with zero attached hydrogens (tertiary/aromatic N) is 1. The molecule has 0 aliphatic carbocycles. The number of hydrogen-bond acceptors (Lipinski definition) is 3. The van der Waals surface area contributed by atoms with Crippen LogP contribution in [0.1, 0.15) is 0 Å². The zero-order chi connectivity index (χ0) is 10.8. The molecule has 0 saturated heterocycles. The Morgan fingerprint density at radius 2 is 2.47 bits per heavy atom. The summed E-state index contributed by atoms with van der Waals surface area (Å²) >= 11 is 1.48. The molecule has 0 saturated carbocycles. The lowest BCUT2D eigenvalue weighted by Gasteiger charge is -2.06. The second-order valence-electron chi connectivity index (χ2n) is 2.96. The zero-order valence-corrected chi connectivity index (χ0v) is 9.94. The van der Waals surface area contributed by atoms with Crippen LogP contribution >= 0.6 is 11.9 Å². The van der Waals surface area contributed by atoms with Crippen molar-refractivity contribution in [2.24, 2.45) is 0 Å². The van der Waals surface area contributed by atoms with Crippen molar-refractivity contribution in [2.45, 2.75) is 9.79 Å².